The van der Waals surface area contributed by atoms with Crippen molar-refractivity contribution in [2.45, 2.75) is 40.5 Å². The minimum Gasteiger partial charge on any atom is -0.304 e. The average molecular weight is 259 g/mol. The topological polar surface area (TPSA) is 57.6 Å². The molecule has 0 aromatic rings. The largest absolute Gasteiger partial charge is 0.304 e. The zero-order chi connectivity index (χ0) is 12.3. The molecule has 0 radical (unpaired) electrons. The monoisotopic (exact) mass is 259 g/mol. The molecule has 0 saturated carbocycles. The van der Waals surface area contributed by atoms with E-state index in [0.29, 0.717) is 6.42 Å². The van der Waals surface area contributed by atoms with E-state index in [-0.39, 0.29) is 10.5 Å². The summed E-state index contributed by atoms with van der Waals surface area (Å²) in [5.74, 6) is -0.108. The molecule has 0 heterocycles. The molecule has 0 amide bonds. The highest BCUT2D eigenvalue weighted by atomic mass is 32.2. The van der Waals surface area contributed by atoms with Gasteiger partial charge in [-0.2, -0.15) is 8.42 Å². The normalized spacial score (nSPS) is 10.4. The summed E-state index contributed by atoms with van der Waals surface area (Å²) >= 11 is 0. The van der Waals surface area contributed by atoms with E-state index in [0.717, 1.165) is 6.42 Å². The smallest absolute Gasteiger partial charge is 0.264 e. The van der Waals surface area contributed by atoms with Crippen LogP contribution in [0.1, 0.15) is 40.5 Å². The Morgan fingerprint density at radius 3 is 1.44 bits per heavy atom. The Hall–Kier alpha value is -0.200. The number of rotatable bonds is 6. The van der Waals surface area contributed by atoms with E-state index < -0.39 is 10.1 Å². The molecule has 0 aromatic carbocycles. The average Bonchev–Trinajstić information content (AvgIpc) is 2.17. The van der Waals surface area contributed by atoms with E-state index in [2.05, 4.69) is 25.7 Å². The van der Waals surface area contributed by atoms with Gasteiger partial charge in [-0.3, -0.25) is 9.26 Å². The van der Waals surface area contributed by atoms with Crippen LogP contribution in [0.5, 0.6) is 0 Å². The van der Waals surface area contributed by atoms with Crippen molar-refractivity contribution in [3.63, 3.8) is 0 Å². The van der Waals surface area contributed by atoms with E-state index >= 15 is 0 Å². The van der Waals surface area contributed by atoms with Crippen LogP contribution in [0.2, 0.25) is 0 Å². The minimum absolute atomic E-state index is 0. The number of halogens is 1. The van der Waals surface area contributed by atoms with Crippen molar-refractivity contribution in [1.82, 2.24) is 4.90 Å². The molecular formula is C10H26FNO3S. The fourth-order valence-electron chi connectivity index (χ4n) is 0.998. The molecule has 0 fully saturated rings. The van der Waals surface area contributed by atoms with Gasteiger partial charge in [-0.15, -0.1) is 0 Å². The van der Waals surface area contributed by atoms with Crippen LogP contribution in [-0.2, 0) is 10.1 Å². The maximum atomic E-state index is 9.95. The third kappa shape index (κ3) is 19.4. The summed E-state index contributed by atoms with van der Waals surface area (Å²) in [6.07, 6.45) is 1.33. The van der Waals surface area contributed by atoms with Crippen LogP contribution < -0.4 is 0 Å². The quantitative estimate of drug-likeness (QED) is 0.743. The minimum atomic E-state index is -3.69. The predicted molar refractivity (Wildman–Crippen MR) is 67.3 cm³/mol. The molecule has 0 saturated heterocycles. The van der Waals surface area contributed by atoms with Crippen LogP contribution in [-0.4, -0.2) is 43.3 Å². The molecule has 0 atom stereocenters. The Kier molecular flexibility index (Phi) is 17.0. The van der Waals surface area contributed by atoms with Crippen molar-refractivity contribution in [1.29, 1.82) is 0 Å². The fraction of sp³-hybridized carbons (Fsp3) is 1.00. The van der Waals surface area contributed by atoms with E-state index in [1.807, 2.05) is 6.92 Å². The van der Waals surface area contributed by atoms with Crippen molar-refractivity contribution >= 4 is 10.1 Å². The molecule has 102 valence electrons. The Labute approximate surface area is 99.1 Å². The Balaban J connectivity index is -0.000000200. The van der Waals surface area contributed by atoms with Crippen LogP contribution in [0.15, 0.2) is 0 Å². The highest BCUT2D eigenvalue weighted by Crippen LogP contribution is 1.90. The van der Waals surface area contributed by atoms with Crippen LogP contribution in [0.4, 0.5) is 4.70 Å². The summed E-state index contributed by atoms with van der Waals surface area (Å²) in [6, 6.07) is 0. The zero-order valence-corrected chi connectivity index (χ0v) is 11.6. The maximum absolute atomic E-state index is 9.95. The summed E-state index contributed by atoms with van der Waals surface area (Å²) in [7, 11) is -3.69. The molecule has 0 aliphatic carbocycles. The van der Waals surface area contributed by atoms with Crippen LogP contribution in [0, 0.1) is 0 Å². The third-order valence-corrected chi connectivity index (χ3v) is 2.90. The Morgan fingerprint density at radius 2 is 1.38 bits per heavy atom. The molecule has 6 heteroatoms. The third-order valence-electron chi connectivity index (χ3n) is 2.10. The summed E-state index contributed by atoms with van der Waals surface area (Å²) in [6.45, 7) is 12.0. The van der Waals surface area contributed by atoms with Gasteiger partial charge in [0.25, 0.3) is 10.1 Å². The molecule has 1 N–H and O–H groups in total. The lowest BCUT2D eigenvalue weighted by molar-refractivity contribution is 0.321. The van der Waals surface area contributed by atoms with Crippen LogP contribution in [0.3, 0.4) is 0 Å². The Bertz CT molecular complexity index is 211. The van der Waals surface area contributed by atoms with Gasteiger partial charge in [-0.05, 0) is 26.1 Å². The molecule has 0 aliphatic rings. The van der Waals surface area contributed by atoms with E-state index in [1.165, 1.54) is 19.6 Å². The first-order valence-corrected chi connectivity index (χ1v) is 7.19. The second kappa shape index (κ2) is 12.9. The first-order chi connectivity index (χ1) is 6.91. The Morgan fingerprint density at radius 1 is 1.00 bits per heavy atom. The maximum Gasteiger partial charge on any atom is 0.264 e. The van der Waals surface area contributed by atoms with Crippen molar-refractivity contribution < 1.29 is 17.7 Å². The molecule has 0 aromatic heterocycles. The van der Waals surface area contributed by atoms with E-state index in [9.17, 15) is 8.42 Å². The van der Waals surface area contributed by atoms with E-state index in [1.54, 1.807) is 0 Å². The lowest BCUT2D eigenvalue weighted by Gasteiger charge is -2.13. The van der Waals surface area contributed by atoms with Gasteiger partial charge in [-0.1, -0.05) is 34.1 Å². The van der Waals surface area contributed by atoms with Gasteiger partial charge >= 0.3 is 0 Å². The number of hydrogen-bond donors (Lipinski definition) is 1. The predicted octanol–water partition coefficient (Wildman–Crippen LogP) is 2.17. The molecule has 0 aliphatic heterocycles. The van der Waals surface area contributed by atoms with Gasteiger partial charge in [-0.25, -0.2) is 0 Å². The highest BCUT2D eigenvalue weighted by molar-refractivity contribution is 7.85. The highest BCUT2D eigenvalue weighted by Gasteiger charge is 2.00. The van der Waals surface area contributed by atoms with Crippen LogP contribution in [0.25, 0.3) is 0 Å². The lowest BCUT2D eigenvalue weighted by Crippen LogP contribution is -2.21. The molecule has 16 heavy (non-hydrogen) atoms. The summed E-state index contributed by atoms with van der Waals surface area (Å²) in [5, 5.41) is 0. The SMILES string of the molecule is CCCCS(=O)(=O)O.CCN(CC)CC.F. The second-order valence-corrected chi connectivity index (χ2v) is 4.83. The van der Waals surface area contributed by atoms with E-state index in [4.69, 9.17) is 4.55 Å². The molecular weight excluding hydrogens is 233 g/mol. The summed E-state index contributed by atoms with van der Waals surface area (Å²) in [4.78, 5) is 2.38. The molecule has 0 rings (SSSR count). The van der Waals surface area contributed by atoms with Gasteiger partial charge in [0.15, 0.2) is 0 Å². The molecule has 0 spiro atoms. The van der Waals surface area contributed by atoms with Gasteiger partial charge in [0.1, 0.15) is 0 Å². The number of nitrogens with zero attached hydrogens (tertiary/aromatic N) is 1. The molecule has 0 unspecified atom stereocenters. The summed E-state index contributed by atoms with van der Waals surface area (Å²) < 4.78 is 28.0. The molecule has 0 bridgehead atoms. The zero-order valence-electron chi connectivity index (χ0n) is 10.8. The lowest BCUT2D eigenvalue weighted by atomic mass is 10.4. The van der Waals surface area contributed by atoms with Crippen molar-refractivity contribution in [2.24, 2.45) is 0 Å². The fourth-order valence-corrected chi connectivity index (χ4v) is 1.65. The van der Waals surface area contributed by atoms with Crippen molar-refractivity contribution in [2.75, 3.05) is 25.4 Å². The molecule has 4 nitrogen and oxygen atoms in total. The van der Waals surface area contributed by atoms with Crippen molar-refractivity contribution in [3.8, 4) is 0 Å². The van der Waals surface area contributed by atoms with Crippen LogP contribution >= 0.6 is 0 Å². The van der Waals surface area contributed by atoms with Gasteiger partial charge < -0.3 is 4.90 Å². The van der Waals surface area contributed by atoms with Gasteiger partial charge in [0.05, 0.1) is 5.75 Å². The standard InChI is InChI=1S/C6H15N.C4H10O3S.FH/c1-4-7(5-2)6-3;1-2-3-4-8(5,6)7;/h4-6H2,1-3H3;2-4H2,1H3,(H,5,6,7);1H. The first kappa shape index (κ1) is 21.1. The summed E-state index contributed by atoms with van der Waals surface area (Å²) in [5.41, 5.74) is 0. The van der Waals surface area contributed by atoms with Crippen molar-refractivity contribution in [3.05, 3.63) is 0 Å². The first-order valence-electron chi connectivity index (χ1n) is 5.58. The number of unbranched alkanes of at least 4 members (excludes halogenated alkanes) is 1. The van der Waals surface area contributed by atoms with Gasteiger partial charge in [0, 0.05) is 0 Å². The number of hydrogen-bond acceptors (Lipinski definition) is 3. The second-order valence-electron chi connectivity index (χ2n) is 3.26. The van der Waals surface area contributed by atoms with Gasteiger partial charge in [0.2, 0.25) is 0 Å².